The van der Waals surface area contributed by atoms with Gasteiger partial charge in [0, 0.05) is 39.8 Å². The molecule has 0 aliphatic rings. The van der Waals surface area contributed by atoms with Gasteiger partial charge >= 0.3 is 6.18 Å². The molecular weight excluding hydrogens is 493 g/mol. The molecule has 2 atom stereocenters. The standard InChI is InChI=1S/C15H19N5O.C9H10F3N.C4H10/c1-7(2)19-14-12-9(6-16)10(17)4-5-11(12)20-13(14)8(3)15(18)21;1-7(9(10,11)12)13-8-5-3-2-4-6-8;1-3-4-2/h4-6,8,16,20H,17H2,1-3H3,(H2,18,21);2-7,13H,1H3;3-4H2,1-2H3/t;7-;/m.1./s1. The summed E-state index contributed by atoms with van der Waals surface area (Å²) in [5.41, 5.74) is 15.8. The third-order valence-corrected chi connectivity index (χ3v) is 5.53. The highest BCUT2D eigenvalue weighted by molar-refractivity contribution is 6.10. The molecule has 2 aromatic carbocycles. The number of benzene rings is 2. The van der Waals surface area contributed by atoms with Crippen LogP contribution in [0.3, 0.4) is 0 Å². The van der Waals surface area contributed by atoms with Crippen molar-refractivity contribution in [2.75, 3.05) is 11.1 Å². The minimum atomic E-state index is -4.20. The van der Waals surface area contributed by atoms with Gasteiger partial charge in [-0.25, -0.2) is 0 Å². The van der Waals surface area contributed by atoms with Crippen LogP contribution in [-0.2, 0) is 4.79 Å². The van der Waals surface area contributed by atoms with Crippen molar-refractivity contribution in [3.8, 4) is 0 Å². The van der Waals surface area contributed by atoms with Crippen molar-refractivity contribution in [3.05, 3.63) is 53.7 Å². The van der Waals surface area contributed by atoms with E-state index in [1.54, 1.807) is 43.3 Å². The van der Waals surface area contributed by atoms with Crippen molar-refractivity contribution >= 4 is 45.8 Å². The van der Waals surface area contributed by atoms with Gasteiger partial charge in [-0.2, -0.15) is 13.2 Å². The number of para-hydroxylation sites is 1. The van der Waals surface area contributed by atoms with E-state index in [9.17, 15) is 18.0 Å². The number of nitrogen functional groups attached to an aromatic ring is 1. The molecule has 0 bridgehead atoms. The average molecular weight is 533 g/mol. The minimum absolute atomic E-state index is 0.434. The fraction of sp³-hybridized carbons (Fsp3) is 0.393. The van der Waals surface area contributed by atoms with Gasteiger partial charge in [0.2, 0.25) is 5.91 Å². The van der Waals surface area contributed by atoms with Crippen LogP contribution in [0.5, 0.6) is 0 Å². The van der Waals surface area contributed by atoms with Gasteiger partial charge in [-0.3, -0.25) is 9.79 Å². The molecule has 7 N–H and O–H groups in total. The molecule has 1 unspecified atom stereocenters. The molecule has 1 amide bonds. The Morgan fingerprint density at radius 1 is 1.11 bits per heavy atom. The number of aromatic amines is 1. The predicted molar refractivity (Wildman–Crippen MR) is 153 cm³/mol. The molecule has 0 aliphatic carbocycles. The summed E-state index contributed by atoms with van der Waals surface area (Å²) in [4.78, 5) is 19.2. The summed E-state index contributed by atoms with van der Waals surface area (Å²) in [6, 6.07) is 10.4. The number of aromatic nitrogens is 1. The number of nitrogens with one attached hydrogen (secondary N) is 3. The summed E-state index contributed by atoms with van der Waals surface area (Å²) in [6.45, 7) is 10.9. The minimum Gasteiger partial charge on any atom is -0.398 e. The number of amides is 1. The quantitative estimate of drug-likeness (QED) is 0.161. The number of nitrogens with two attached hydrogens (primary N) is 2. The summed E-state index contributed by atoms with van der Waals surface area (Å²) in [5, 5.41) is 10.7. The van der Waals surface area contributed by atoms with Crippen molar-refractivity contribution in [1.29, 1.82) is 5.41 Å². The molecule has 3 aromatic rings. The fourth-order valence-corrected chi connectivity index (χ4v) is 3.15. The Hall–Kier alpha value is -3.82. The second kappa shape index (κ2) is 14.8. The largest absolute Gasteiger partial charge is 0.408 e. The van der Waals surface area contributed by atoms with Gasteiger partial charge in [-0.15, -0.1) is 0 Å². The van der Waals surface area contributed by atoms with Gasteiger partial charge in [0.25, 0.3) is 0 Å². The molecule has 1 heterocycles. The van der Waals surface area contributed by atoms with E-state index in [1.165, 1.54) is 19.1 Å². The third-order valence-electron chi connectivity index (χ3n) is 5.53. The van der Waals surface area contributed by atoms with Crippen LogP contribution in [0.4, 0.5) is 30.2 Å². The maximum Gasteiger partial charge on any atom is 0.408 e. The molecule has 0 aliphatic heterocycles. The highest BCUT2D eigenvalue weighted by atomic mass is 19.4. The second-order valence-corrected chi connectivity index (χ2v) is 8.98. The molecule has 0 radical (unpaired) electrons. The molecular formula is C28H39F3N6O. The van der Waals surface area contributed by atoms with Crippen LogP contribution in [0.1, 0.15) is 71.6 Å². The van der Waals surface area contributed by atoms with E-state index in [1.807, 2.05) is 19.9 Å². The number of nitrogens with zero attached hydrogens (tertiary/aromatic N) is 1. The Bertz CT molecular complexity index is 1210. The molecule has 0 fully saturated rings. The fourth-order valence-electron chi connectivity index (χ4n) is 3.15. The van der Waals surface area contributed by atoms with Crippen molar-refractivity contribution in [2.24, 2.45) is 10.7 Å². The van der Waals surface area contributed by atoms with Crippen molar-refractivity contribution < 1.29 is 18.0 Å². The van der Waals surface area contributed by atoms with Crippen molar-refractivity contribution in [1.82, 2.24) is 4.98 Å². The van der Waals surface area contributed by atoms with Crippen LogP contribution in [0, 0.1) is 5.41 Å². The van der Waals surface area contributed by atoms with Crippen LogP contribution in [0.15, 0.2) is 47.5 Å². The molecule has 3 rings (SSSR count). The Morgan fingerprint density at radius 3 is 2.13 bits per heavy atom. The number of unbranched alkanes of at least 4 members (excludes halogenated alkanes) is 1. The van der Waals surface area contributed by atoms with E-state index in [4.69, 9.17) is 16.9 Å². The molecule has 1 aromatic heterocycles. The molecule has 10 heteroatoms. The summed E-state index contributed by atoms with van der Waals surface area (Å²) in [7, 11) is 0. The maximum absolute atomic E-state index is 12.1. The number of carbonyl (C=O) groups excluding carboxylic acids is 1. The number of H-pyrrole nitrogens is 1. The average Bonchev–Trinajstić information content (AvgIpc) is 3.21. The molecule has 0 saturated heterocycles. The maximum atomic E-state index is 12.1. The van der Waals surface area contributed by atoms with Crippen LogP contribution in [-0.4, -0.2) is 35.0 Å². The van der Waals surface area contributed by atoms with Gasteiger partial charge in [-0.1, -0.05) is 44.9 Å². The molecule has 38 heavy (non-hydrogen) atoms. The van der Waals surface area contributed by atoms with Crippen molar-refractivity contribution in [3.63, 3.8) is 0 Å². The lowest BCUT2D eigenvalue weighted by molar-refractivity contribution is -0.138. The lowest BCUT2D eigenvalue weighted by Gasteiger charge is -2.17. The van der Waals surface area contributed by atoms with Crippen LogP contribution in [0.25, 0.3) is 10.9 Å². The van der Waals surface area contributed by atoms with E-state index < -0.39 is 24.0 Å². The number of anilines is 2. The van der Waals surface area contributed by atoms with Crippen LogP contribution < -0.4 is 16.8 Å². The third kappa shape index (κ3) is 9.24. The van der Waals surface area contributed by atoms with Crippen molar-refractivity contribution in [2.45, 2.75) is 72.5 Å². The lowest BCUT2D eigenvalue weighted by atomic mass is 10.0. The summed E-state index contributed by atoms with van der Waals surface area (Å²) in [5.74, 6) is -0.938. The first-order chi connectivity index (χ1) is 17.8. The number of carbonyl (C=O) groups is 1. The van der Waals surface area contributed by atoms with E-state index in [0.29, 0.717) is 28.3 Å². The zero-order chi connectivity index (χ0) is 29.0. The zero-order valence-electron chi connectivity index (χ0n) is 22.8. The first-order valence-electron chi connectivity index (χ1n) is 12.4. The Balaban J connectivity index is 0.000000361. The van der Waals surface area contributed by atoms with Gasteiger partial charge in [0.1, 0.15) is 6.04 Å². The van der Waals surface area contributed by atoms with Crippen LogP contribution >= 0.6 is 0 Å². The van der Waals surface area contributed by atoms with Gasteiger partial charge in [0.15, 0.2) is 0 Å². The monoisotopic (exact) mass is 532 g/mol. The first-order valence-corrected chi connectivity index (χ1v) is 12.4. The number of primary amides is 1. The molecule has 0 saturated carbocycles. The summed E-state index contributed by atoms with van der Waals surface area (Å²) in [6.07, 6.45) is -0.357. The van der Waals surface area contributed by atoms with Gasteiger partial charge in [0.05, 0.1) is 17.3 Å². The molecule has 0 spiro atoms. The summed E-state index contributed by atoms with van der Waals surface area (Å²) < 4.78 is 36.2. The molecule has 7 nitrogen and oxygen atoms in total. The van der Waals surface area contributed by atoms with E-state index >= 15 is 0 Å². The number of fused-ring (bicyclic) bond motifs is 1. The SMILES string of the molecule is CC(C)=Nc1c(C(C)C(N)=O)[nH]c2ccc(N)c(C=N)c12.CCCC.C[C@@H](Nc1ccccc1)C(F)(F)F. The van der Waals surface area contributed by atoms with Gasteiger partial charge < -0.3 is 27.2 Å². The topological polar surface area (TPSA) is 133 Å². The highest BCUT2D eigenvalue weighted by Gasteiger charge is 2.35. The smallest absolute Gasteiger partial charge is 0.398 e. The predicted octanol–water partition coefficient (Wildman–Crippen LogP) is 7.30. The lowest BCUT2D eigenvalue weighted by Crippen LogP contribution is -2.32. The first kappa shape index (κ1) is 32.2. The Labute approximate surface area is 222 Å². The second-order valence-electron chi connectivity index (χ2n) is 8.98. The number of hydrogen-bond donors (Lipinski definition) is 5. The van der Waals surface area contributed by atoms with Crippen LogP contribution in [0.2, 0.25) is 0 Å². The molecule has 208 valence electrons. The van der Waals surface area contributed by atoms with E-state index in [-0.39, 0.29) is 0 Å². The number of halogens is 3. The van der Waals surface area contributed by atoms with E-state index in [2.05, 4.69) is 29.1 Å². The number of hydrogen-bond acceptors (Lipinski definition) is 5. The number of alkyl halides is 3. The normalized spacial score (nSPS) is 12.2. The number of rotatable bonds is 7. The summed E-state index contributed by atoms with van der Waals surface area (Å²) >= 11 is 0. The number of aliphatic imine (C=N–C) groups is 1. The van der Waals surface area contributed by atoms with E-state index in [0.717, 1.165) is 23.5 Å². The Morgan fingerprint density at radius 2 is 1.68 bits per heavy atom. The van der Waals surface area contributed by atoms with Gasteiger partial charge in [-0.05, 0) is 52.0 Å². The zero-order valence-corrected chi connectivity index (χ0v) is 22.8. The Kier molecular flexibility index (Phi) is 12.5. The highest BCUT2D eigenvalue weighted by Crippen LogP contribution is 2.38.